The topological polar surface area (TPSA) is 19.0 Å². The second kappa shape index (κ2) is 4.50. The highest BCUT2D eigenvalue weighted by atomic mass is 15.1. The molecule has 0 unspecified atom stereocenters. The predicted molar refractivity (Wildman–Crippen MR) is 83.8 cm³/mol. The van der Waals surface area contributed by atoms with Crippen molar-refractivity contribution >= 4 is 10.9 Å². The van der Waals surface area contributed by atoms with Gasteiger partial charge in [0.25, 0.3) is 0 Å². The van der Waals surface area contributed by atoms with E-state index in [-0.39, 0.29) is 0 Å². The molecule has 0 aliphatic carbocycles. The molecule has 0 saturated carbocycles. The first-order valence-corrected chi connectivity index (χ1v) is 7.19. The van der Waals surface area contributed by atoms with Crippen molar-refractivity contribution in [1.82, 2.24) is 9.88 Å². The molecule has 2 heterocycles. The second-order valence-corrected chi connectivity index (χ2v) is 5.68. The van der Waals surface area contributed by atoms with Crippen LogP contribution in [0.4, 0.5) is 0 Å². The Labute approximate surface area is 119 Å². The zero-order chi connectivity index (χ0) is 13.5. The Morgan fingerprint density at radius 1 is 1.05 bits per heavy atom. The first-order chi connectivity index (χ1) is 9.83. The fraction of sp³-hybridized carbons (Fsp3) is 0.222. The molecule has 2 aromatic carbocycles. The largest absolute Gasteiger partial charge is 0.361 e. The lowest BCUT2D eigenvalue weighted by atomic mass is 9.89. The molecule has 0 saturated heterocycles. The Morgan fingerprint density at radius 3 is 2.75 bits per heavy atom. The van der Waals surface area contributed by atoms with E-state index in [1.807, 2.05) is 6.20 Å². The van der Waals surface area contributed by atoms with E-state index < -0.39 is 0 Å². The number of hydrogen-bond acceptors (Lipinski definition) is 1. The summed E-state index contributed by atoms with van der Waals surface area (Å²) < 4.78 is 0. The number of hydrogen-bond donors (Lipinski definition) is 1. The van der Waals surface area contributed by atoms with E-state index in [0.29, 0.717) is 0 Å². The summed E-state index contributed by atoms with van der Waals surface area (Å²) in [5.41, 5.74) is 7.03. The zero-order valence-electron chi connectivity index (χ0n) is 11.7. The van der Waals surface area contributed by atoms with Gasteiger partial charge in [-0.2, -0.15) is 0 Å². The monoisotopic (exact) mass is 262 g/mol. The van der Waals surface area contributed by atoms with Crippen LogP contribution in [0.2, 0.25) is 0 Å². The Balaban J connectivity index is 2.02. The van der Waals surface area contributed by atoms with Crippen molar-refractivity contribution in [2.45, 2.75) is 13.0 Å². The van der Waals surface area contributed by atoms with E-state index in [9.17, 15) is 0 Å². The van der Waals surface area contributed by atoms with Gasteiger partial charge in [-0.15, -0.1) is 0 Å². The summed E-state index contributed by atoms with van der Waals surface area (Å²) in [6.45, 7) is 2.17. The minimum atomic E-state index is 1.03. The minimum Gasteiger partial charge on any atom is -0.361 e. The molecule has 0 spiro atoms. The summed E-state index contributed by atoms with van der Waals surface area (Å²) in [4.78, 5) is 5.82. The van der Waals surface area contributed by atoms with Gasteiger partial charge in [-0.05, 0) is 47.9 Å². The number of fused-ring (bicyclic) bond motifs is 3. The van der Waals surface area contributed by atoms with Crippen LogP contribution in [0.5, 0.6) is 0 Å². The molecule has 0 fully saturated rings. The summed E-state index contributed by atoms with van der Waals surface area (Å²) >= 11 is 0. The van der Waals surface area contributed by atoms with Gasteiger partial charge in [0.1, 0.15) is 0 Å². The number of aromatic nitrogens is 1. The van der Waals surface area contributed by atoms with Crippen LogP contribution in [0.25, 0.3) is 22.0 Å². The third-order valence-corrected chi connectivity index (χ3v) is 4.33. The molecule has 0 bridgehead atoms. The molecule has 3 aromatic rings. The molecule has 2 heteroatoms. The first kappa shape index (κ1) is 11.7. The van der Waals surface area contributed by atoms with Gasteiger partial charge in [-0.1, -0.05) is 30.3 Å². The number of aromatic amines is 1. The van der Waals surface area contributed by atoms with E-state index in [2.05, 4.69) is 59.4 Å². The van der Waals surface area contributed by atoms with Crippen LogP contribution in [0.1, 0.15) is 11.1 Å². The molecule has 1 aliphatic rings. The van der Waals surface area contributed by atoms with E-state index in [4.69, 9.17) is 0 Å². The van der Waals surface area contributed by atoms with Gasteiger partial charge in [-0.25, -0.2) is 0 Å². The molecule has 2 nitrogen and oxygen atoms in total. The van der Waals surface area contributed by atoms with Crippen LogP contribution >= 0.6 is 0 Å². The van der Waals surface area contributed by atoms with Crippen molar-refractivity contribution in [2.75, 3.05) is 13.6 Å². The third-order valence-electron chi connectivity index (χ3n) is 4.33. The smallest absolute Gasteiger partial charge is 0.0502 e. The van der Waals surface area contributed by atoms with Gasteiger partial charge in [0.05, 0.1) is 5.52 Å². The van der Waals surface area contributed by atoms with Gasteiger partial charge in [0.2, 0.25) is 0 Å². The van der Waals surface area contributed by atoms with Gasteiger partial charge >= 0.3 is 0 Å². The maximum atomic E-state index is 3.42. The average molecular weight is 262 g/mol. The number of H-pyrrole nitrogens is 1. The van der Waals surface area contributed by atoms with Crippen molar-refractivity contribution in [3.8, 4) is 11.1 Å². The number of nitrogens with zero attached hydrogens (tertiary/aromatic N) is 1. The lowest BCUT2D eigenvalue weighted by Crippen LogP contribution is -2.27. The number of rotatable bonds is 1. The predicted octanol–water partition coefficient (Wildman–Crippen LogP) is 3.82. The van der Waals surface area contributed by atoms with Crippen molar-refractivity contribution < 1.29 is 0 Å². The Bertz CT molecular complexity index is 756. The molecule has 1 aliphatic heterocycles. The lowest BCUT2D eigenvalue weighted by Gasteiger charge is -2.27. The number of likely N-dealkylation sites (N-methyl/N-ethyl adjacent to an activating group) is 1. The number of nitrogens with one attached hydrogen (secondary N) is 1. The summed E-state index contributed by atoms with van der Waals surface area (Å²) in [6.07, 6.45) is 3.18. The summed E-state index contributed by atoms with van der Waals surface area (Å²) in [5, 5.41) is 1.32. The third kappa shape index (κ3) is 1.76. The second-order valence-electron chi connectivity index (χ2n) is 5.68. The van der Waals surface area contributed by atoms with E-state index >= 15 is 0 Å². The van der Waals surface area contributed by atoms with Crippen molar-refractivity contribution in [3.63, 3.8) is 0 Å². The standard InChI is InChI=1S/C18H18N2/c1-20-10-8-15-16(13-5-3-2-4-6-13)11-14-7-9-19-18(14)17(15)12-20/h2-7,9,11,19H,8,10,12H2,1H3. The van der Waals surface area contributed by atoms with Crippen molar-refractivity contribution in [1.29, 1.82) is 0 Å². The Kier molecular flexibility index (Phi) is 2.64. The molecule has 0 amide bonds. The van der Waals surface area contributed by atoms with Crippen LogP contribution < -0.4 is 0 Å². The maximum absolute atomic E-state index is 3.42. The first-order valence-electron chi connectivity index (χ1n) is 7.19. The van der Waals surface area contributed by atoms with Gasteiger partial charge < -0.3 is 9.88 Å². The molecule has 1 N–H and O–H groups in total. The van der Waals surface area contributed by atoms with Gasteiger partial charge in [0.15, 0.2) is 0 Å². The summed E-state index contributed by atoms with van der Waals surface area (Å²) in [5.74, 6) is 0. The van der Waals surface area contributed by atoms with Gasteiger partial charge in [-0.3, -0.25) is 0 Å². The SMILES string of the molecule is CN1CCc2c(-c3ccccc3)cc3cc[nH]c3c2C1. The summed E-state index contributed by atoms with van der Waals surface area (Å²) in [7, 11) is 2.20. The molecule has 1 aromatic heterocycles. The molecule has 4 rings (SSSR count). The van der Waals surface area contributed by atoms with Crippen molar-refractivity contribution in [2.24, 2.45) is 0 Å². The Hall–Kier alpha value is -2.06. The minimum absolute atomic E-state index is 1.03. The molecular weight excluding hydrogens is 244 g/mol. The maximum Gasteiger partial charge on any atom is 0.0502 e. The quantitative estimate of drug-likeness (QED) is 0.706. The highest BCUT2D eigenvalue weighted by molar-refractivity contribution is 5.90. The normalized spacial score (nSPS) is 15.4. The highest BCUT2D eigenvalue weighted by Crippen LogP contribution is 2.35. The highest BCUT2D eigenvalue weighted by Gasteiger charge is 2.20. The van der Waals surface area contributed by atoms with E-state index in [1.165, 1.54) is 33.2 Å². The molecule has 0 radical (unpaired) electrons. The Morgan fingerprint density at radius 2 is 1.90 bits per heavy atom. The van der Waals surface area contributed by atoms with Crippen LogP contribution in [0.15, 0.2) is 48.7 Å². The molecular formula is C18H18N2. The van der Waals surface area contributed by atoms with Crippen LogP contribution in [0, 0.1) is 0 Å². The average Bonchev–Trinajstić information content (AvgIpc) is 2.96. The zero-order valence-corrected chi connectivity index (χ0v) is 11.7. The van der Waals surface area contributed by atoms with Crippen molar-refractivity contribution in [3.05, 3.63) is 59.8 Å². The van der Waals surface area contributed by atoms with Crippen LogP contribution in [0.3, 0.4) is 0 Å². The molecule has 20 heavy (non-hydrogen) atoms. The fourth-order valence-electron chi connectivity index (χ4n) is 3.31. The van der Waals surface area contributed by atoms with Crippen LogP contribution in [-0.2, 0) is 13.0 Å². The molecule has 100 valence electrons. The number of benzene rings is 2. The molecule has 0 atom stereocenters. The summed E-state index contributed by atoms with van der Waals surface area (Å²) in [6, 6.07) is 15.3. The van der Waals surface area contributed by atoms with E-state index in [0.717, 1.165) is 19.5 Å². The lowest BCUT2D eigenvalue weighted by molar-refractivity contribution is 0.314. The van der Waals surface area contributed by atoms with E-state index in [1.54, 1.807) is 0 Å². The van der Waals surface area contributed by atoms with Gasteiger partial charge in [0, 0.05) is 24.7 Å². The fourth-order valence-corrected chi connectivity index (χ4v) is 3.31. The van der Waals surface area contributed by atoms with Crippen LogP contribution in [-0.4, -0.2) is 23.5 Å².